The molecule has 3 heterocycles. The highest BCUT2D eigenvalue weighted by molar-refractivity contribution is 7.88. The van der Waals surface area contributed by atoms with Gasteiger partial charge in [0.25, 0.3) is 5.91 Å². The van der Waals surface area contributed by atoms with Crippen LogP contribution in [0.5, 0.6) is 0 Å². The molecule has 0 saturated carbocycles. The van der Waals surface area contributed by atoms with Gasteiger partial charge in [-0.1, -0.05) is 12.1 Å². The second-order valence-corrected chi connectivity index (χ2v) is 9.64. The van der Waals surface area contributed by atoms with Gasteiger partial charge in [-0.15, -0.1) is 0 Å². The molecule has 1 aliphatic heterocycles. The van der Waals surface area contributed by atoms with Crippen molar-refractivity contribution in [2.45, 2.75) is 25.3 Å². The third kappa shape index (κ3) is 4.45. The van der Waals surface area contributed by atoms with E-state index in [1.807, 2.05) is 6.07 Å². The van der Waals surface area contributed by atoms with Crippen molar-refractivity contribution in [2.75, 3.05) is 19.3 Å². The minimum atomic E-state index is -3.32. The van der Waals surface area contributed by atoms with Crippen LogP contribution in [-0.2, 0) is 16.6 Å². The zero-order valence-electron chi connectivity index (χ0n) is 16.9. The van der Waals surface area contributed by atoms with E-state index < -0.39 is 27.6 Å². The number of nitrogens with zero attached hydrogens (tertiary/aromatic N) is 3. The molecule has 164 valence electrons. The summed E-state index contributed by atoms with van der Waals surface area (Å²) in [5.41, 5.74) is 0.912. The lowest BCUT2D eigenvalue weighted by Gasteiger charge is -2.30. The summed E-state index contributed by atoms with van der Waals surface area (Å²) >= 11 is 0. The average Bonchev–Trinajstić information content (AvgIpc) is 3.12. The molecule has 10 heteroatoms. The summed E-state index contributed by atoms with van der Waals surface area (Å²) in [6.07, 6.45) is 4.42. The summed E-state index contributed by atoms with van der Waals surface area (Å²) in [5.74, 6) is -1.46. The molecular formula is C21H22F2N4O3S. The van der Waals surface area contributed by atoms with Crippen molar-refractivity contribution in [2.24, 2.45) is 0 Å². The third-order valence-electron chi connectivity index (χ3n) is 5.46. The first-order chi connectivity index (χ1) is 14.7. The smallest absolute Gasteiger partial charge is 0.272 e. The molecule has 1 aromatic carbocycles. The van der Waals surface area contributed by atoms with Crippen molar-refractivity contribution in [1.82, 2.24) is 19.0 Å². The summed E-state index contributed by atoms with van der Waals surface area (Å²) in [6.45, 7) is 0.654. The molecule has 1 atom stereocenters. The van der Waals surface area contributed by atoms with Crippen LogP contribution in [0.3, 0.4) is 0 Å². The average molecular weight is 448 g/mol. The van der Waals surface area contributed by atoms with Gasteiger partial charge in [-0.2, -0.15) is 0 Å². The molecule has 1 N–H and O–H groups in total. The van der Waals surface area contributed by atoms with E-state index in [4.69, 9.17) is 0 Å². The zero-order chi connectivity index (χ0) is 22.2. The number of amides is 1. The molecule has 1 amide bonds. The van der Waals surface area contributed by atoms with Crippen LogP contribution in [0.1, 0.15) is 40.6 Å². The first-order valence-electron chi connectivity index (χ1n) is 9.88. The van der Waals surface area contributed by atoms with Crippen molar-refractivity contribution < 1.29 is 22.0 Å². The maximum Gasteiger partial charge on any atom is 0.272 e. The fourth-order valence-electron chi connectivity index (χ4n) is 3.90. The Morgan fingerprint density at radius 3 is 2.81 bits per heavy atom. The molecule has 0 radical (unpaired) electrons. The Balaban J connectivity index is 1.61. The second kappa shape index (κ2) is 8.35. The van der Waals surface area contributed by atoms with E-state index in [1.165, 1.54) is 16.6 Å². The van der Waals surface area contributed by atoms with E-state index in [9.17, 15) is 22.0 Å². The molecule has 1 unspecified atom stereocenters. The number of hydrogen-bond acceptors (Lipinski definition) is 4. The number of halogens is 2. The standard InChI is InChI=1S/C21H22F2N4O3S/c1-31(29,30)26-9-4-5-15(13-26)20-25-19(18-6-2-3-10-27(18)20)21(28)24-12-14-7-8-16(22)11-17(14)23/h2-3,6-8,10-11,15H,4-5,9,12-13H2,1H3,(H,24,28). The van der Waals surface area contributed by atoms with E-state index >= 15 is 0 Å². The van der Waals surface area contributed by atoms with Crippen LogP contribution in [-0.4, -0.2) is 47.4 Å². The van der Waals surface area contributed by atoms with Crippen molar-refractivity contribution >= 4 is 21.4 Å². The van der Waals surface area contributed by atoms with Gasteiger partial charge in [-0.25, -0.2) is 26.5 Å². The number of benzene rings is 1. The summed E-state index contributed by atoms with van der Waals surface area (Å²) in [4.78, 5) is 17.4. The Bertz CT molecular complexity index is 1240. The van der Waals surface area contributed by atoms with Crippen LogP contribution in [0.2, 0.25) is 0 Å². The highest BCUT2D eigenvalue weighted by Crippen LogP contribution is 2.29. The van der Waals surface area contributed by atoms with Crippen molar-refractivity contribution in [3.05, 3.63) is 71.3 Å². The van der Waals surface area contributed by atoms with E-state index in [0.29, 0.717) is 30.9 Å². The highest BCUT2D eigenvalue weighted by Gasteiger charge is 2.30. The summed E-state index contributed by atoms with van der Waals surface area (Å²) < 4.78 is 54.2. The third-order valence-corrected chi connectivity index (χ3v) is 6.73. The van der Waals surface area contributed by atoms with Crippen LogP contribution in [0.15, 0.2) is 42.6 Å². The van der Waals surface area contributed by atoms with Crippen LogP contribution >= 0.6 is 0 Å². The van der Waals surface area contributed by atoms with Gasteiger partial charge in [0.05, 0.1) is 11.8 Å². The summed E-state index contributed by atoms with van der Waals surface area (Å²) in [7, 11) is -3.32. The van der Waals surface area contributed by atoms with Crippen LogP contribution in [0, 0.1) is 11.6 Å². The minimum absolute atomic E-state index is 0.114. The molecule has 7 nitrogen and oxygen atoms in total. The van der Waals surface area contributed by atoms with Crippen molar-refractivity contribution in [1.29, 1.82) is 0 Å². The number of imidazole rings is 1. The molecule has 2 aromatic heterocycles. The molecular weight excluding hydrogens is 426 g/mol. The van der Waals surface area contributed by atoms with Crippen LogP contribution in [0.25, 0.3) is 5.52 Å². The largest absolute Gasteiger partial charge is 0.346 e. The topological polar surface area (TPSA) is 83.8 Å². The van der Waals surface area contributed by atoms with Gasteiger partial charge >= 0.3 is 0 Å². The predicted octanol–water partition coefficient (Wildman–Crippen LogP) is 2.68. The lowest BCUT2D eigenvalue weighted by molar-refractivity contribution is 0.0947. The number of carbonyl (C=O) groups excluding carboxylic acids is 1. The number of pyridine rings is 1. The Morgan fingerprint density at radius 1 is 1.26 bits per heavy atom. The van der Waals surface area contributed by atoms with Gasteiger partial charge in [0, 0.05) is 43.4 Å². The number of fused-ring (bicyclic) bond motifs is 1. The molecule has 1 saturated heterocycles. The fraction of sp³-hybridized carbons (Fsp3) is 0.333. The SMILES string of the molecule is CS(=O)(=O)N1CCCC(c2nc(C(=O)NCc3ccc(F)cc3F)c3ccccn23)C1. The van der Waals surface area contributed by atoms with Crippen LogP contribution in [0.4, 0.5) is 8.78 Å². The maximum atomic E-state index is 13.9. The number of nitrogens with one attached hydrogen (secondary N) is 1. The summed E-state index contributed by atoms with van der Waals surface area (Å²) in [5, 5.41) is 2.63. The molecule has 4 rings (SSSR count). The summed E-state index contributed by atoms with van der Waals surface area (Å²) in [6, 6.07) is 8.52. The molecule has 0 aliphatic carbocycles. The van der Waals surface area contributed by atoms with Gasteiger partial charge in [0.2, 0.25) is 10.0 Å². The fourth-order valence-corrected chi connectivity index (χ4v) is 4.81. The van der Waals surface area contributed by atoms with Crippen molar-refractivity contribution in [3.8, 4) is 0 Å². The lowest BCUT2D eigenvalue weighted by Crippen LogP contribution is -2.38. The van der Waals surface area contributed by atoms with Gasteiger partial charge < -0.3 is 9.72 Å². The Hall–Kier alpha value is -2.85. The number of sulfonamides is 1. The molecule has 0 bridgehead atoms. The maximum absolute atomic E-state index is 13.9. The first-order valence-corrected chi connectivity index (χ1v) is 11.7. The number of piperidine rings is 1. The van der Waals surface area contributed by atoms with Gasteiger partial charge in [0.1, 0.15) is 17.5 Å². The minimum Gasteiger partial charge on any atom is -0.346 e. The zero-order valence-corrected chi connectivity index (χ0v) is 17.7. The van der Waals surface area contributed by atoms with E-state index in [1.54, 1.807) is 22.7 Å². The van der Waals surface area contributed by atoms with Gasteiger partial charge in [-0.3, -0.25) is 4.79 Å². The van der Waals surface area contributed by atoms with E-state index in [0.717, 1.165) is 18.6 Å². The predicted molar refractivity (Wildman–Crippen MR) is 111 cm³/mol. The first kappa shape index (κ1) is 21.4. The second-order valence-electron chi connectivity index (χ2n) is 7.65. The number of hydrogen-bond donors (Lipinski definition) is 1. The van der Waals surface area contributed by atoms with Gasteiger partial charge in [-0.05, 0) is 31.0 Å². The van der Waals surface area contributed by atoms with Crippen LogP contribution < -0.4 is 5.32 Å². The number of aromatic nitrogens is 2. The van der Waals surface area contributed by atoms with Gasteiger partial charge in [0.15, 0.2) is 5.69 Å². The highest BCUT2D eigenvalue weighted by atomic mass is 32.2. The van der Waals surface area contributed by atoms with E-state index in [2.05, 4.69) is 10.3 Å². The molecule has 3 aromatic rings. The van der Waals surface area contributed by atoms with Crippen molar-refractivity contribution in [3.63, 3.8) is 0 Å². The molecule has 0 spiro atoms. The quantitative estimate of drug-likeness (QED) is 0.651. The Morgan fingerprint density at radius 2 is 2.06 bits per heavy atom. The monoisotopic (exact) mass is 448 g/mol. The van der Waals surface area contributed by atoms with E-state index in [-0.39, 0.29) is 23.7 Å². The normalized spacial score (nSPS) is 17.7. The lowest BCUT2D eigenvalue weighted by atomic mass is 9.99. The number of carbonyl (C=O) groups is 1. The Labute approximate surface area is 178 Å². The Kier molecular flexibility index (Phi) is 5.76. The molecule has 1 aliphatic rings. The molecule has 31 heavy (non-hydrogen) atoms. The molecule has 1 fully saturated rings. The number of rotatable bonds is 5.